The van der Waals surface area contributed by atoms with E-state index in [0.29, 0.717) is 11.5 Å². The number of hydrogen-bond donors (Lipinski definition) is 2. The molecule has 1 atom stereocenters. The quantitative estimate of drug-likeness (QED) is 0.451. The maximum Gasteiger partial charge on any atom is 0.271 e. The molecule has 2 aromatic carbocycles. The molecule has 0 saturated carbocycles. The van der Waals surface area contributed by atoms with Crippen molar-refractivity contribution in [1.82, 2.24) is 10.4 Å². The van der Waals surface area contributed by atoms with Crippen LogP contribution in [0, 0.1) is 5.92 Å². The first-order valence-electron chi connectivity index (χ1n) is 9.35. The molecule has 4 rings (SSSR count). The van der Waals surface area contributed by atoms with Gasteiger partial charge in [0.05, 0.1) is 17.8 Å². The number of hydrazone groups is 1. The Morgan fingerprint density at radius 2 is 2.18 bits per heavy atom. The minimum atomic E-state index is -0.218. The maximum atomic E-state index is 12.5. The molecule has 0 bridgehead atoms. The van der Waals surface area contributed by atoms with Crippen LogP contribution in [0.25, 0.3) is 10.9 Å². The van der Waals surface area contributed by atoms with Gasteiger partial charge in [-0.2, -0.15) is 5.10 Å². The van der Waals surface area contributed by atoms with Crippen molar-refractivity contribution in [1.29, 1.82) is 0 Å². The second-order valence-corrected chi connectivity index (χ2v) is 8.14. The van der Waals surface area contributed by atoms with E-state index in [2.05, 4.69) is 38.4 Å². The lowest BCUT2D eigenvalue weighted by Gasteiger charge is -2.18. The Morgan fingerprint density at radius 1 is 1.32 bits per heavy atom. The number of methoxy groups -OCH3 is 1. The molecular formula is C22H22BrN3O2. The first-order chi connectivity index (χ1) is 13.5. The van der Waals surface area contributed by atoms with Gasteiger partial charge in [-0.15, -0.1) is 0 Å². The van der Waals surface area contributed by atoms with E-state index in [-0.39, 0.29) is 5.91 Å². The van der Waals surface area contributed by atoms with E-state index in [1.54, 1.807) is 13.3 Å². The molecule has 0 saturated heterocycles. The number of aryl methyl sites for hydroxylation is 1. The van der Waals surface area contributed by atoms with Crippen LogP contribution < -0.4 is 10.2 Å². The van der Waals surface area contributed by atoms with Crippen molar-refractivity contribution in [3.63, 3.8) is 0 Å². The van der Waals surface area contributed by atoms with Gasteiger partial charge in [0.2, 0.25) is 0 Å². The monoisotopic (exact) mass is 439 g/mol. The molecule has 0 spiro atoms. The maximum absolute atomic E-state index is 12.5. The van der Waals surface area contributed by atoms with Crippen molar-refractivity contribution in [2.45, 2.75) is 26.2 Å². The highest BCUT2D eigenvalue weighted by molar-refractivity contribution is 9.10. The van der Waals surface area contributed by atoms with Gasteiger partial charge >= 0.3 is 0 Å². The van der Waals surface area contributed by atoms with Crippen molar-refractivity contribution < 1.29 is 9.53 Å². The molecular weight excluding hydrogens is 418 g/mol. The molecule has 3 aromatic rings. The smallest absolute Gasteiger partial charge is 0.271 e. The van der Waals surface area contributed by atoms with E-state index in [9.17, 15) is 4.79 Å². The van der Waals surface area contributed by atoms with Crippen LogP contribution in [0.2, 0.25) is 0 Å². The number of nitrogens with one attached hydrogen (secondary N) is 2. The molecule has 2 N–H and O–H groups in total. The third-order valence-electron chi connectivity index (χ3n) is 5.25. The zero-order chi connectivity index (χ0) is 19.7. The van der Waals surface area contributed by atoms with Crippen LogP contribution in [0.5, 0.6) is 5.75 Å². The highest BCUT2D eigenvalue weighted by Crippen LogP contribution is 2.32. The number of halogens is 1. The van der Waals surface area contributed by atoms with E-state index in [1.807, 2.05) is 36.4 Å². The Hall–Kier alpha value is -2.60. The Balaban J connectivity index is 1.51. The van der Waals surface area contributed by atoms with Crippen molar-refractivity contribution in [3.8, 4) is 5.75 Å². The molecule has 1 aliphatic carbocycles. The predicted molar refractivity (Wildman–Crippen MR) is 115 cm³/mol. The number of ether oxygens (including phenoxy) is 1. The summed E-state index contributed by atoms with van der Waals surface area (Å²) in [5.74, 6) is 1.21. The average molecular weight is 440 g/mol. The lowest BCUT2D eigenvalue weighted by molar-refractivity contribution is 0.0955. The van der Waals surface area contributed by atoms with Crippen LogP contribution in [0.1, 0.15) is 40.5 Å². The second-order valence-electron chi connectivity index (χ2n) is 7.28. The number of carbonyl (C=O) groups excluding carboxylic acids is 1. The Bertz CT molecular complexity index is 1070. The molecule has 1 aromatic heterocycles. The van der Waals surface area contributed by atoms with Crippen LogP contribution >= 0.6 is 15.9 Å². The Labute approximate surface area is 172 Å². The van der Waals surface area contributed by atoms with Crippen LogP contribution in [0.15, 0.2) is 46.0 Å². The van der Waals surface area contributed by atoms with Crippen LogP contribution in [-0.2, 0) is 12.8 Å². The van der Waals surface area contributed by atoms with Gasteiger partial charge in [-0.05, 0) is 88.6 Å². The Morgan fingerprint density at radius 3 is 2.96 bits per heavy atom. The topological polar surface area (TPSA) is 66.5 Å². The minimum absolute atomic E-state index is 0.218. The molecule has 1 amide bonds. The molecule has 1 heterocycles. The van der Waals surface area contributed by atoms with Gasteiger partial charge in [-0.3, -0.25) is 4.79 Å². The summed E-state index contributed by atoms with van der Waals surface area (Å²) < 4.78 is 6.05. The van der Waals surface area contributed by atoms with E-state index >= 15 is 0 Å². The van der Waals surface area contributed by atoms with Crippen LogP contribution in [0.3, 0.4) is 0 Å². The lowest BCUT2D eigenvalue weighted by Crippen LogP contribution is -2.17. The fourth-order valence-electron chi connectivity index (χ4n) is 3.73. The minimum Gasteiger partial charge on any atom is -0.496 e. The van der Waals surface area contributed by atoms with Gasteiger partial charge in [-0.1, -0.05) is 6.92 Å². The number of rotatable bonds is 4. The number of fused-ring (bicyclic) bond motifs is 3. The number of aromatic nitrogens is 1. The number of hydrogen-bond acceptors (Lipinski definition) is 3. The summed E-state index contributed by atoms with van der Waals surface area (Å²) >= 11 is 3.44. The molecule has 0 fully saturated rings. The zero-order valence-electron chi connectivity index (χ0n) is 15.9. The predicted octanol–water partition coefficient (Wildman–Crippen LogP) is 4.83. The molecule has 1 aliphatic rings. The zero-order valence-corrected chi connectivity index (χ0v) is 17.5. The van der Waals surface area contributed by atoms with Gasteiger partial charge in [0.15, 0.2) is 0 Å². The summed E-state index contributed by atoms with van der Waals surface area (Å²) in [4.78, 5) is 16.0. The molecule has 28 heavy (non-hydrogen) atoms. The third-order valence-corrected chi connectivity index (χ3v) is 5.87. The number of aromatic amines is 1. The van der Waals surface area contributed by atoms with Gasteiger partial charge in [0, 0.05) is 22.2 Å². The van der Waals surface area contributed by atoms with E-state index < -0.39 is 0 Å². The van der Waals surface area contributed by atoms with Gasteiger partial charge < -0.3 is 9.72 Å². The lowest BCUT2D eigenvalue weighted by atomic mass is 9.87. The SMILES string of the molecule is COc1ccc(/C=N\NC(=O)c2ccc3[nH]c4c(c3c2)CC(C)CC4)cc1Br. The number of benzene rings is 2. The van der Waals surface area contributed by atoms with Gasteiger partial charge in [-0.25, -0.2) is 5.43 Å². The number of nitrogens with zero attached hydrogens (tertiary/aromatic N) is 1. The molecule has 144 valence electrons. The van der Waals surface area contributed by atoms with Crippen LogP contribution in [-0.4, -0.2) is 24.2 Å². The summed E-state index contributed by atoms with van der Waals surface area (Å²) in [5.41, 5.74) is 7.85. The average Bonchev–Trinajstić information content (AvgIpc) is 3.05. The summed E-state index contributed by atoms with van der Waals surface area (Å²) in [7, 11) is 1.62. The summed E-state index contributed by atoms with van der Waals surface area (Å²) in [6.07, 6.45) is 4.96. The van der Waals surface area contributed by atoms with Crippen molar-refractivity contribution in [3.05, 3.63) is 63.3 Å². The molecule has 0 aliphatic heterocycles. The fraction of sp³-hybridized carbons (Fsp3) is 0.273. The number of amides is 1. The summed E-state index contributed by atoms with van der Waals surface area (Å²) in [5, 5.41) is 5.24. The highest BCUT2D eigenvalue weighted by Gasteiger charge is 2.20. The standard InChI is InChI=1S/C22H22BrN3O2/c1-13-3-6-19-16(9-13)17-11-15(5-7-20(17)25-19)22(27)26-24-12-14-4-8-21(28-2)18(23)10-14/h4-5,7-8,10-13,25H,3,6,9H2,1-2H3,(H,26,27)/b24-12-. The van der Waals surface area contributed by atoms with E-state index in [1.165, 1.54) is 17.7 Å². The normalized spacial score (nSPS) is 16.3. The van der Waals surface area contributed by atoms with E-state index in [0.717, 1.165) is 39.5 Å². The van der Waals surface area contributed by atoms with Crippen molar-refractivity contribution in [2.24, 2.45) is 11.0 Å². The van der Waals surface area contributed by atoms with Crippen molar-refractivity contribution >= 4 is 39.0 Å². The summed E-state index contributed by atoms with van der Waals surface area (Å²) in [6.45, 7) is 2.28. The van der Waals surface area contributed by atoms with E-state index in [4.69, 9.17) is 4.74 Å². The number of H-pyrrole nitrogens is 1. The van der Waals surface area contributed by atoms with Gasteiger partial charge in [0.1, 0.15) is 5.75 Å². The first-order valence-corrected chi connectivity index (χ1v) is 10.1. The molecule has 1 unspecified atom stereocenters. The molecule has 0 radical (unpaired) electrons. The number of carbonyl (C=O) groups is 1. The fourth-order valence-corrected chi connectivity index (χ4v) is 4.28. The van der Waals surface area contributed by atoms with Gasteiger partial charge in [0.25, 0.3) is 5.91 Å². The third kappa shape index (κ3) is 3.69. The largest absolute Gasteiger partial charge is 0.496 e. The molecule has 5 nitrogen and oxygen atoms in total. The first kappa shape index (κ1) is 18.7. The van der Waals surface area contributed by atoms with Crippen LogP contribution in [0.4, 0.5) is 0 Å². The van der Waals surface area contributed by atoms with Crippen molar-refractivity contribution in [2.75, 3.05) is 7.11 Å². The molecule has 6 heteroatoms. The Kier molecular flexibility index (Phi) is 5.22. The summed E-state index contributed by atoms with van der Waals surface area (Å²) in [6, 6.07) is 11.4. The highest BCUT2D eigenvalue weighted by atomic mass is 79.9. The second kappa shape index (κ2) is 7.80.